The highest BCUT2D eigenvalue weighted by atomic mass is 16.2. The molecule has 0 radical (unpaired) electrons. The Bertz CT molecular complexity index is 1090. The molecule has 1 fully saturated rings. The first kappa shape index (κ1) is 21.7. The molecule has 1 aromatic carbocycles. The molecule has 0 spiro atoms. The minimum atomic E-state index is -0.403. The van der Waals surface area contributed by atoms with E-state index in [0.717, 1.165) is 17.0 Å². The summed E-state index contributed by atoms with van der Waals surface area (Å²) >= 11 is 0. The van der Waals surface area contributed by atoms with Gasteiger partial charge in [-0.3, -0.25) is 14.5 Å². The van der Waals surface area contributed by atoms with Gasteiger partial charge in [-0.1, -0.05) is 30.3 Å². The number of aryl methyl sites for hydroxylation is 2. The molecule has 1 aliphatic heterocycles. The summed E-state index contributed by atoms with van der Waals surface area (Å²) in [7, 11) is 1.63. The molecule has 0 bridgehead atoms. The van der Waals surface area contributed by atoms with E-state index in [4.69, 9.17) is 0 Å². The Balaban J connectivity index is 1.48. The highest BCUT2D eigenvalue weighted by Gasteiger charge is 2.34. The molecule has 2 aromatic heterocycles. The number of nitrogens with zero attached hydrogens (tertiary/aromatic N) is 5. The summed E-state index contributed by atoms with van der Waals surface area (Å²) in [6.45, 7) is 6.08. The molecular formula is C24H28N6O2. The molecule has 1 N–H and O–H groups in total. The van der Waals surface area contributed by atoms with Crippen LogP contribution < -0.4 is 5.32 Å². The smallest absolute Gasteiger partial charge is 0.255 e. The normalized spacial score (nSPS) is 16.7. The average Bonchev–Trinajstić information content (AvgIpc) is 3.17. The molecule has 8 nitrogen and oxygen atoms in total. The van der Waals surface area contributed by atoms with Crippen LogP contribution in [0.4, 0.5) is 0 Å². The topological polar surface area (TPSA) is 83.4 Å². The molecule has 1 saturated heterocycles. The lowest BCUT2D eigenvalue weighted by molar-refractivity contribution is -0.128. The molecule has 3 aromatic rings. The quantitative estimate of drug-likeness (QED) is 0.666. The monoisotopic (exact) mass is 432 g/mol. The van der Waals surface area contributed by atoms with Gasteiger partial charge in [0.1, 0.15) is 6.04 Å². The van der Waals surface area contributed by atoms with E-state index >= 15 is 0 Å². The van der Waals surface area contributed by atoms with Gasteiger partial charge in [0, 0.05) is 45.1 Å². The largest absolute Gasteiger partial charge is 0.358 e. The number of benzene rings is 1. The van der Waals surface area contributed by atoms with Gasteiger partial charge in [-0.25, -0.2) is 9.67 Å². The van der Waals surface area contributed by atoms with Crippen molar-refractivity contribution in [1.29, 1.82) is 0 Å². The summed E-state index contributed by atoms with van der Waals surface area (Å²) in [5.41, 5.74) is 3.54. The van der Waals surface area contributed by atoms with Crippen LogP contribution in [0.15, 0.2) is 54.7 Å². The number of piperazine rings is 1. The standard InChI is InChI=1S/C24H28N6O2/c1-17-13-18(2)30(27-17)22-10-9-20(14-26-22)24(32)29-12-11-28(21(16-29)23(31)25-3)15-19-7-5-4-6-8-19/h4-10,13-14,21H,11-12,15-16H2,1-3H3,(H,25,31)/t21-/m0/s1. The Hall–Kier alpha value is -3.52. The third kappa shape index (κ3) is 4.55. The van der Waals surface area contributed by atoms with Crippen LogP contribution in [-0.2, 0) is 11.3 Å². The van der Waals surface area contributed by atoms with E-state index < -0.39 is 6.04 Å². The van der Waals surface area contributed by atoms with E-state index in [0.29, 0.717) is 37.6 Å². The van der Waals surface area contributed by atoms with Crippen LogP contribution in [0.3, 0.4) is 0 Å². The second-order valence-corrected chi connectivity index (χ2v) is 8.08. The van der Waals surface area contributed by atoms with Crippen molar-refractivity contribution in [3.8, 4) is 5.82 Å². The Morgan fingerprint density at radius 1 is 1.09 bits per heavy atom. The molecule has 0 aliphatic carbocycles. The van der Waals surface area contributed by atoms with Gasteiger partial charge in [0.15, 0.2) is 5.82 Å². The van der Waals surface area contributed by atoms with Crippen molar-refractivity contribution in [3.05, 3.63) is 77.2 Å². The zero-order valence-electron chi connectivity index (χ0n) is 18.7. The fourth-order valence-corrected chi connectivity index (χ4v) is 4.11. The molecule has 0 unspecified atom stereocenters. The molecule has 0 saturated carbocycles. The van der Waals surface area contributed by atoms with Crippen molar-refractivity contribution in [3.63, 3.8) is 0 Å². The fraction of sp³-hybridized carbons (Fsp3) is 0.333. The van der Waals surface area contributed by atoms with Crippen LogP contribution in [-0.4, -0.2) is 69.1 Å². The van der Waals surface area contributed by atoms with Gasteiger partial charge < -0.3 is 10.2 Å². The average molecular weight is 433 g/mol. The second kappa shape index (κ2) is 9.32. The number of pyridine rings is 1. The van der Waals surface area contributed by atoms with E-state index in [1.807, 2.05) is 38.1 Å². The van der Waals surface area contributed by atoms with Crippen LogP contribution in [0.5, 0.6) is 0 Å². The second-order valence-electron chi connectivity index (χ2n) is 8.08. The Labute approximate surface area is 187 Å². The first-order valence-electron chi connectivity index (χ1n) is 10.7. The number of amides is 2. The lowest BCUT2D eigenvalue weighted by atomic mass is 10.1. The van der Waals surface area contributed by atoms with Crippen molar-refractivity contribution in [2.45, 2.75) is 26.4 Å². The molecule has 1 aliphatic rings. The molecule has 1 atom stereocenters. The minimum Gasteiger partial charge on any atom is -0.358 e. The summed E-state index contributed by atoms with van der Waals surface area (Å²) in [5.74, 6) is 0.463. The van der Waals surface area contributed by atoms with Crippen LogP contribution in [0.25, 0.3) is 5.82 Å². The Morgan fingerprint density at radius 3 is 2.50 bits per heavy atom. The molecular weight excluding hydrogens is 404 g/mol. The zero-order chi connectivity index (χ0) is 22.7. The first-order chi connectivity index (χ1) is 15.5. The number of carbonyl (C=O) groups excluding carboxylic acids is 2. The number of carbonyl (C=O) groups is 2. The number of likely N-dealkylation sites (N-methyl/N-ethyl adjacent to an activating group) is 1. The maximum atomic E-state index is 13.2. The highest BCUT2D eigenvalue weighted by molar-refractivity contribution is 5.94. The maximum absolute atomic E-state index is 13.2. The van der Waals surface area contributed by atoms with Crippen molar-refractivity contribution in [1.82, 2.24) is 29.9 Å². The molecule has 32 heavy (non-hydrogen) atoms. The van der Waals surface area contributed by atoms with Gasteiger partial charge in [-0.2, -0.15) is 5.10 Å². The third-order valence-electron chi connectivity index (χ3n) is 5.78. The lowest BCUT2D eigenvalue weighted by Crippen LogP contribution is -2.59. The summed E-state index contributed by atoms with van der Waals surface area (Å²) in [4.78, 5) is 34.1. The fourth-order valence-electron chi connectivity index (χ4n) is 4.11. The van der Waals surface area contributed by atoms with E-state index in [2.05, 4.69) is 32.4 Å². The van der Waals surface area contributed by atoms with E-state index in [-0.39, 0.29) is 11.8 Å². The zero-order valence-corrected chi connectivity index (χ0v) is 18.7. The molecule has 2 amide bonds. The van der Waals surface area contributed by atoms with Crippen LogP contribution >= 0.6 is 0 Å². The van der Waals surface area contributed by atoms with Gasteiger partial charge in [0.05, 0.1) is 11.3 Å². The van der Waals surface area contributed by atoms with Crippen molar-refractivity contribution in [2.24, 2.45) is 0 Å². The predicted octanol–water partition coefficient (Wildman–Crippen LogP) is 1.96. The first-order valence-corrected chi connectivity index (χ1v) is 10.7. The SMILES string of the molecule is CNC(=O)[C@@H]1CN(C(=O)c2ccc(-n3nc(C)cc3C)nc2)CCN1Cc1ccccc1. The van der Waals surface area contributed by atoms with E-state index in [1.165, 1.54) is 0 Å². The van der Waals surface area contributed by atoms with Crippen LogP contribution in [0.1, 0.15) is 27.3 Å². The van der Waals surface area contributed by atoms with Crippen LogP contribution in [0.2, 0.25) is 0 Å². The van der Waals surface area contributed by atoms with Gasteiger partial charge in [-0.05, 0) is 37.6 Å². The number of hydrogen-bond donors (Lipinski definition) is 1. The van der Waals surface area contributed by atoms with Gasteiger partial charge in [0.25, 0.3) is 5.91 Å². The Kier molecular flexibility index (Phi) is 6.32. The van der Waals surface area contributed by atoms with Crippen molar-refractivity contribution >= 4 is 11.8 Å². The number of hydrogen-bond acceptors (Lipinski definition) is 5. The van der Waals surface area contributed by atoms with E-state index in [9.17, 15) is 9.59 Å². The summed E-state index contributed by atoms with van der Waals surface area (Å²) in [5, 5.41) is 7.18. The summed E-state index contributed by atoms with van der Waals surface area (Å²) < 4.78 is 1.76. The van der Waals surface area contributed by atoms with Gasteiger partial charge in [0.2, 0.25) is 5.91 Å². The Morgan fingerprint density at radius 2 is 1.88 bits per heavy atom. The minimum absolute atomic E-state index is 0.0866. The predicted molar refractivity (Wildman–Crippen MR) is 121 cm³/mol. The number of rotatable bonds is 5. The summed E-state index contributed by atoms with van der Waals surface area (Å²) in [6, 6.07) is 15.2. The third-order valence-corrected chi connectivity index (χ3v) is 5.78. The number of nitrogens with one attached hydrogen (secondary N) is 1. The molecule has 8 heteroatoms. The summed E-state index contributed by atoms with van der Waals surface area (Å²) in [6.07, 6.45) is 1.58. The molecule has 3 heterocycles. The highest BCUT2D eigenvalue weighted by Crippen LogP contribution is 2.18. The maximum Gasteiger partial charge on any atom is 0.255 e. The van der Waals surface area contributed by atoms with Crippen molar-refractivity contribution < 1.29 is 9.59 Å². The van der Waals surface area contributed by atoms with Crippen molar-refractivity contribution in [2.75, 3.05) is 26.7 Å². The van der Waals surface area contributed by atoms with Gasteiger partial charge >= 0.3 is 0 Å². The molecule has 4 rings (SSSR count). The van der Waals surface area contributed by atoms with E-state index in [1.54, 1.807) is 35.0 Å². The number of aromatic nitrogens is 3. The van der Waals surface area contributed by atoms with Gasteiger partial charge in [-0.15, -0.1) is 0 Å². The van der Waals surface area contributed by atoms with Crippen LogP contribution in [0, 0.1) is 13.8 Å². The lowest BCUT2D eigenvalue weighted by Gasteiger charge is -2.40. The molecule has 166 valence electrons.